The lowest BCUT2D eigenvalue weighted by Gasteiger charge is -2.22. The zero-order valence-electron chi connectivity index (χ0n) is 11.8. The van der Waals surface area contributed by atoms with Crippen LogP contribution >= 0.6 is 0 Å². The van der Waals surface area contributed by atoms with E-state index in [4.69, 9.17) is 0 Å². The van der Waals surface area contributed by atoms with Gasteiger partial charge in [0.1, 0.15) is 5.82 Å². The zero-order chi connectivity index (χ0) is 14.0. The molecule has 0 fully saturated rings. The fourth-order valence-corrected chi connectivity index (χ4v) is 2.07. The quantitative estimate of drug-likeness (QED) is 0.807. The lowest BCUT2D eigenvalue weighted by atomic mass is 10.1. The summed E-state index contributed by atoms with van der Waals surface area (Å²) >= 11 is 0. The fourth-order valence-electron chi connectivity index (χ4n) is 2.07. The van der Waals surface area contributed by atoms with E-state index in [2.05, 4.69) is 38.9 Å². The van der Waals surface area contributed by atoms with Gasteiger partial charge in [-0.2, -0.15) is 5.10 Å². The van der Waals surface area contributed by atoms with Crippen molar-refractivity contribution in [2.24, 2.45) is 0 Å². The van der Waals surface area contributed by atoms with Crippen LogP contribution in [0.25, 0.3) is 11.3 Å². The molecule has 0 amide bonds. The Kier molecular flexibility index (Phi) is 3.74. The molecule has 1 aromatic carbocycles. The molecule has 2 nitrogen and oxygen atoms in total. The molecule has 0 atom stereocenters. The SMILES string of the molecule is [CH2]CCc1cc(-c2ccc(F)cc2)n(C(C)(C)C)n1. The summed E-state index contributed by atoms with van der Waals surface area (Å²) in [7, 11) is 0. The molecule has 2 rings (SSSR count). The van der Waals surface area contributed by atoms with Crippen LogP contribution in [0.15, 0.2) is 30.3 Å². The molecule has 0 unspecified atom stereocenters. The van der Waals surface area contributed by atoms with E-state index in [1.54, 1.807) is 12.1 Å². The number of nitrogens with zero attached hydrogens (tertiary/aromatic N) is 2. The third-order valence-corrected chi connectivity index (χ3v) is 2.97. The summed E-state index contributed by atoms with van der Waals surface area (Å²) in [6, 6.07) is 8.63. The van der Waals surface area contributed by atoms with Crippen LogP contribution in [0.5, 0.6) is 0 Å². The Morgan fingerprint density at radius 1 is 1.21 bits per heavy atom. The van der Waals surface area contributed by atoms with E-state index in [-0.39, 0.29) is 11.4 Å². The van der Waals surface area contributed by atoms with Gasteiger partial charge in [0.2, 0.25) is 0 Å². The van der Waals surface area contributed by atoms with Crippen LogP contribution in [0, 0.1) is 12.7 Å². The van der Waals surface area contributed by atoms with Crippen molar-refractivity contribution in [3.8, 4) is 11.3 Å². The normalized spacial score (nSPS) is 11.8. The van der Waals surface area contributed by atoms with E-state index in [1.165, 1.54) is 12.1 Å². The van der Waals surface area contributed by atoms with Gasteiger partial charge in [-0.05, 0) is 63.9 Å². The van der Waals surface area contributed by atoms with E-state index in [1.807, 2.05) is 4.68 Å². The van der Waals surface area contributed by atoms with E-state index in [9.17, 15) is 4.39 Å². The third-order valence-electron chi connectivity index (χ3n) is 2.97. The van der Waals surface area contributed by atoms with Gasteiger partial charge in [0.15, 0.2) is 0 Å². The molecule has 0 bridgehead atoms. The monoisotopic (exact) mass is 259 g/mol. The van der Waals surface area contributed by atoms with Crippen LogP contribution in [0.2, 0.25) is 0 Å². The second kappa shape index (κ2) is 5.16. The first-order valence-electron chi connectivity index (χ1n) is 6.56. The van der Waals surface area contributed by atoms with E-state index < -0.39 is 0 Å². The predicted octanol–water partition coefficient (Wildman–Crippen LogP) is 4.21. The maximum Gasteiger partial charge on any atom is 0.123 e. The number of benzene rings is 1. The first kappa shape index (κ1) is 13.8. The van der Waals surface area contributed by atoms with Crippen molar-refractivity contribution in [2.75, 3.05) is 0 Å². The number of halogens is 1. The van der Waals surface area contributed by atoms with Gasteiger partial charge in [-0.3, -0.25) is 4.68 Å². The summed E-state index contributed by atoms with van der Waals surface area (Å²) in [6.45, 7) is 10.2. The molecule has 3 heteroatoms. The molecule has 0 saturated heterocycles. The third kappa shape index (κ3) is 3.03. The van der Waals surface area contributed by atoms with Crippen LogP contribution < -0.4 is 0 Å². The Balaban J connectivity index is 2.51. The Bertz CT molecular complexity index is 547. The lowest BCUT2D eigenvalue weighted by molar-refractivity contribution is 0.357. The Morgan fingerprint density at radius 3 is 2.37 bits per heavy atom. The standard InChI is InChI=1S/C16H20FN2/c1-5-6-14-11-15(19(18-14)16(2,3)4)12-7-9-13(17)10-8-12/h7-11H,1,5-6H2,2-4H3. The molecular weight excluding hydrogens is 239 g/mol. The van der Waals surface area contributed by atoms with Crippen molar-refractivity contribution < 1.29 is 4.39 Å². The number of hydrogen-bond acceptors (Lipinski definition) is 1. The highest BCUT2D eigenvalue weighted by Gasteiger charge is 2.20. The fraction of sp³-hybridized carbons (Fsp3) is 0.375. The second-order valence-corrected chi connectivity index (χ2v) is 5.71. The molecule has 0 N–H and O–H groups in total. The lowest BCUT2D eigenvalue weighted by Crippen LogP contribution is -2.24. The van der Waals surface area contributed by atoms with Gasteiger partial charge in [-0.15, -0.1) is 0 Å². The van der Waals surface area contributed by atoms with Gasteiger partial charge in [-0.25, -0.2) is 4.39 Å². The number of hydrogen-bond donors (Lipinski definition) is 0. The van der Waals surface area contributed by atoms with E-state index in [0.29, 0.717) is 0 Å². The van der Waals surface area contributed by atoms with E-state index >= 15 is 0 Å². The molecule has 0 aliphatic rings. The minimum Gasteiger partial charge on any atom is -0.259 e. The van der Waals surface area contributed by atoms with Crippen LogP contribution in [-0.2, 0) is 12.0 Å². The molecular formula is C16H20FN2. The molecule has 19 heavy (non-hydrogen) atoms. The maximum absolute atomic E-state index is 13.0. The molecule has 1 heterocycles. The number of rotatable bonds is 3. The van der Waals surface area contributed by atoms with Crippen LogP contribution in [0.3, 0.4) is 0 Å². The summed E-state index contributed by atoms with van der Waals surface area (Å²) in [6.07, 6.45) is 1.68. The smallest absolute Gasteiger partial charge is 0.123 e. The zero-order valence-corrected chi connectivity index (χ0v) is 11.8. The Hall–Kier alpha value is -1.64. The van der Waals surface area contributed by atoms with Gasteiger partial charge in [0.25, 0.3) is 0 Å². The number of aryl methyl sites for hydroxylation is 1. The van der Waals surface area contributed by atoms with Gasteiger partial charge < -0.3 is 0 Å². The predicted molar refractivity (Wildman–Crippen MR) is 76.3 cm³/mol. The van der Waals surface area contributed by atoms with Crippen LogP contribution in [0.1, 0.15) is 32.9 Å². The summed E-state index contributed by atoms with van der Waals surface area (Å²) in [5.74, 6) is -0.219. The van der Waals surface area contributed by atoms with Crippen molar-refractivity contribution >= 4 is 0 Å². The van der Waals surface area contributed by atoms with Gasteiger partial charge in [0.05, 0.1) is 16.9 Å². The minimum atomic E-state index is -0.219. The molecule has 0 spiro atoms. The van der Waals surface area contributed by atoms with E-state index in [0.717, 1.165) is 29.8 Å². The van der Waals surface area contributed by atoms with Gasteiger partial charge in [0, 0.05) is 5.56 Å². The van der Waals surface area contributed by atoms with Crippen molar-refractivity contribution in [2.45, 2.75) is 39.2 Å². The van der Waals surface area contributed by atoms with Crippen molar-refractivity contribution in [3.05, 3.63) is 48.8 Å². The highest BCUT2D eigenvalue weighted by atomic mass is 19.1. The molecule has 1 aromatic heterocycles. The topological polar surface area (TPSA) is 17.8 Å². The molecule has 101 valence electrons. The largest absolute Gasteiger partial charge is 0.259 e. The van der Waals surface area contributed by atoms with Crippen molar-refractivity contribution in [3.63, 3.8) is 0 Å². The first-order valence-corrected chi connectivity index (χ1v) is 6.56. The van der Waals surface area contributed by atoms with Crippen molar-refractivity contribution in [1.82, 2.24) is 9.78 Å². The molecule has 0 aliphatic heterocycles. The van der Waals surface area contributed by atoms with Crippen LogP contribution in [0.4, 0.5) is 4.39 Å². The summed E-state index contributed by atoms with van der Waals surface area (Å²) in [5, 5.41) is 4.65. The first-order chi connectivity index (χ1) is 8.91. The average molecular weight is 259 g/mol. The second-order valence-electron chi connectivity index (χ2n) is 5.71. The highest BCUT2D eigenvalue weighted by Crippen LogP contribution is 2.27. The highest BCUT2D eigenvalue weighted by molar-refractivity contribution is 5.60. The van der Waals surface area contributed by atoms with Gasteiger partial charge >= 0.3 is 0 Å². The maximum atomic E-state index is 13.0. The molecule has 1 radical (unpaired) electrons. The van der Waals surface area contributed by atoms with Gasteiger partial charge in [-0.1, -0.05) is 6.92 Å². The average Bonchev–Trinajstić information content (AvgIpc) is 2.74. The number of aromatic nitrogens is 2. The molecule has 2 aromatic rings. The van der Waals surface area contributed by atoms with Crippen molar-refractivity contribution in [1.29, 1.82) is 0 Å². The Morgan fingerprint density at radius 2 is 1.84 bits per heavy atom. The Labute approximate surface area is 114 Å². The summed E-state index contributed by atoms with van der Waals surface area (Å²) in [5.41, 5.74) is 2.93. The summed E-state index contributed by atoms with van der Waals surface area (Å²) in [4.78, 5) is 0. The molecule has 0 saturated carbocycles. The minimum absolute atomic E-state index is 0.108. The summed E-state index contributed by atoms with van der Waals surface area (Å²) < 4.78 is 15.0. The van der Waals surface area contributed by atoms with Crippen LogP contribution in [-0.4, -0.2) is 9.78 Å². The molecule has 0 aliphatic carbocycles.